The van der Waals surface area contributed by atoms with E-state index in [4.69, 9.17) is 5.10 Å². The number of hydrogen-bond acceptors (Lipinski definition) is 4. The second-order valence-corrected chi connectivity index (χ2v) is 8.26. The Balaban J connectivity index is 1.23. The molecule has 34 heavy (non-hydrogen) atoms. The molecule has 1 N–H and O–H groups in total. The molecule has 3 heterocycles. The van der Waals surface area contributed by atoms with Crippen LogP contribution in [0.25, 0.3) is 27.3 Å². The molecule has 0 saturated carbocycles. The molecule has 0 saturated heterocycles. The summed E-state index contributed by atoms with van der Waals surface area (Å²) >= 11 is 0. The normalized spacial score (nSPS) is 11.4. The van der Waals surface area contributed by atoms with Gasteiger partial charge in [0.05, 0.1) is 12.1 Å². The smallest absolute Gasteiger partial charge is 0.272 e. The van der Waals surface area contributed by atoms with Gasteiger partial charge in [-0.25, -0.2) is 0 Å². The first-order valence-corrected chi connectivity index (χ1v) is 11.3. The Kier molecular flexibility index (Phi) is 4.99. The molecule has 3 aromatic heterocycles. The van der Waals surface area contributed by atoms with Gasteiger partial charge in [-0.05, 0) is 40.6 Å². The number of carbonyl (C=O) groups is 1. The van der Waals surface area contributed by atoms with Gasteiger partial charge >= 0.3 is 0 Å². The quantitative estimate of drug-likeness (QED) is 0.415. The standard InChI is InChI=1S/C27H22N6O/c34-27(28-15-14-25-30-29-24-11-5-6-16-32(24)25)26-22-9-3-4-10-23(22)33(31-26)18-19-12-13-20-7-1-2-8-21(20)17-19/h1-13,16-17H,14-15,18H2,(H,28,34). The first-order chi connectivity index (χ1) is 16.8. The fourth-order valence-electron chi connectivity index (χ4n) is 4.36. The van der Waals surface area contributed by atoms with Crippen molar-refractivity contribution in [2.24, 2.45) is 0 Å². The second-order valence-electron chi connectivity index (χ2n) is 8.26. The van der Waals surface area contributed by atoms with Gasteiger partial charge in [-0.2, -0.15) is 5.10 Å². The Morgan fingerprint density at radius 2 is 1.68 bits per heavy atom. The lowest BCUT2D eigenvalue weighted by Gasteiger charge is -2.06. The minimum atomic E-state index is -0.192. The molecule has 7 heteroatoms. The minimum absolute atomic E-state index is 0.192. The van der Waals surface area contributed by atoms with E-state index in [1.807, 2.05) is 69.9 Å². The van der Waals surface area contributed by atoms with Gasteiger partial charge in [-0.1, -0.05) is 60.7 Å². The van der Waals surface area contributed by atoms with Gasteiger partial charge < -0.3 is 5.32 Å². The van der Waals surface area contributed by atoms with Gasteiger partial charge in [0.1, 0.15) is 5.82 Å². The monoisotopic (exact) mass is 446 g/mol. The molecule has 0 aliphatic carbocycles. The summed E-state index contributed by atoms with van der Waals surface area (Å²) in [4.78, 5) is 13.1. The molecule has 0 unspecified atom stereocenters. The molecule has 1 amide bonds. The Bertz CT molecular complexity index is 1650. The van der Waals surface area contributed by atoms with Crippen LogP contribution in [0, 0.1) is 0 Å². The summed E-state index contributed by atoms with van der Waals surface area (Å²) in [6.07, 6.45) is 2.50. The second kappa shape index (κ2) is 8.44. The van der Waals surface area contributed by atoms with Crippen LogP contribution in [0.3, 0.4) is 0 Å². The Hall–Kier alpha value is -4.52. The van der Waals surface area contributed by atoms with E-state index in [1.54, 1.807) is 0 Å². The number of pyridine rings is 1. The number of nitrogens with zero attached hydrogens (tertiary/aromatic N) is 5. The molecule has 0 atom stereocenters. The maximum absolute atomic E-state index is 13.1. The molecular weight excluding hydrogens is 424 g/mol. The van der Waals surface area contributed by atoms with Crippen molar-refractivity contribution >= 4 is 33.2 Å². The summed E-state index contributed by atoms with van der Waals surface area (Å²) in [6.45, 7) is 1.03. The van der Waals surface area contributed by atoms with Gasteiger partial charge in [0.25, 0.3) is 5.91 Å². The number of fused-ring (bicyclic) bond motifs is 3. The van der Waals surface area contributed by atoms with Crippen LogP contribution in [-0.4, -0.2) is 36.8 Å². The first-order valence-electron chi connectivity index (χ1n) is 11.3. The van der Waals surface area contributed by atoms with E-state index >= 15 is 0 Å². The number of carbonyl (C=O) groups excluding carboxylic acids is 1. The maximum atomic E-state index is 13.1. The van der Waals surface area contributed by atoms with Gasteiger partial charge in [0.2, 0.25) is 0 Å². The van der Waals surface area contributed by atoms with Crippen LogP contribution in [0.5, 0.6) is 0 Å². The molecule has 3 aromatic carbocycles. The topological polar surface area (TPSA) is 77.1 Å². The van der Waals surface area contributed by atoms with Crippen molar-refractivity contribution in [1.82, 2.24) is 29.7 Å². The van der Waals surface area contributed by atoms with E-state index in [9.17, 15) is 4.79 Å². The van der Waals surface area contributed by atoms with Crippen LogP contribution in [0.15, 0.2) is 91.1 Å². The summed E-state index contributed by atoms with van der Waals surface area (Å²) in [5, 5.41) is 19.3. The fourth-order valence-corrected chi connectivity index (χ4v) is 4.36. The van der Waals surface area contributed by atoms with Crippen molar-refractivity contribution in [2.75, 3.05) is 6.54 Å². The van der Waals surface area contributed by atoms with E-state index < -0.39 is 0 Å². The molecule has 166 valence electrons. The summed E-state index contributed by atoms with van der Waals surface area (Å²) in [5.41, 5.74) is 3.30. The zero-order valence-electron chi connectivity index (χ0n) is 18.4. The fraction of sp³-hybridized carbons (Fsp3) is 0.111. The molecule has 7 nitrogen and oxygen atoms in total. The first kappa shape index (κ1) is 20.1. The van der Waals surface area contributed by atoms with E-state index in [-0.39, 0.29) is 5.91 Å². The summed E-state index contributed by atoms with van der Waals surface area (Å²) in [6, 6.07) is 28.3. The third-order valence-electron chi connectivity index (χ3n) is 6.04. The van der Waals surface area contributed by atoms with E-state index in [2.05, 4.69) is 45.8 Å². The number of nitrogens with one attached hydrogen (secondary N) is 1. The van der Waals surface area contributed by atoms with Crippen molar-refractivity contribution in [3.63, 3.8) is 0 Å². The van der Waals surface area contributed by atoms with Gasteiger partial charge in [-0.15, -0.1) is 10.2 Å². The number of benzene rings is 3. The van der Waals surface area contributed by atoms with Crippen molar-refractivity contribution < 1.29 is 4.79 Å². The Morgan fingerprint density at radius 3 is 2.62 bits per heavy atom. The molecule has 0 aliphatic heterocycles. The SMILES string of the molecule is O=C(NCCc1nnc2ccccn12)c1nn(Cc2ccc3ccccc3c2)c2ccccc12. The summed E-state index contributed by atoms with van der Waals surface area (Å²) in [5.74, 6) is 0.616. The van der Waals surface area contributed by atoms with Crippen molar-refractivity contribution in [3.05, 3.63) is 108 Å². The number of hydrogen-bond donors (Lipinski definition) is 1. The Labute approximate surface area is 195 Å². The zero-order chi connectivity index (χ0) is 22.9. The average Bonchev–Trinajstić information content (AvgIpc) is 3.46. The van der Waals surface area contributed by atoms with E-state index in [0.29, 0.717) is 25.2 Å². The predicted octanol–water partition coefficient (Wildman–Crippen LogP) is 4.25. The summed E-state index contributed by atoms with van der Waals surface area (Å²) < 4.78 is 3.83. The number of amides is 1. The third kappa shape index (κ3) is 3.67. The van der Waals surface area contributed by atoms with Crippen molar-refractivity contribution in [2.45, 2.75) is 13.0 Å². The maximum Gasteiger partial charge on any atom is 0.272 e. The zero-order valence-corrected chi connectivity index (χ0v) is 18.4. The highest BCUT2D eigenvalue weighted by molar-refractivity contribution is 6.04. The van der Waals surface area contributed by atoms with Crippen LogP contribution in [-0.2, 0) is 13.0 Å². The molecular formula is C27H22N6O. The van der Waals surface area contributed by atoms with Crippen LogP contribution >= 0.6 is 0 Å². The van der Waals surface area contributed by atoms with Crippen molar-refractivity contribution in [3.8, 4) is 0 Å². The highest BCUT2D eigenvalue weighted by Gasteiger charge is 2.17. The van der Waals surface area contributed by atoms with E-state index in [1.165, 1.54) is 10.8 Å². The average molecular weight is 447 g/mol. The molecule has 0 spiro atoms. The molecule has 0 bridgehead atoms. The lowest BCUT2D eigenvalue weighted by atomic mass is 10.1. The van der Waals surface area contributed by atoms with Crippen LogP contribution in [0.4, 0.5) is 0 Å². The molecule has 0 aliphatic rings. The Morgan fingerprint density at radius 1 is 0.853 bits per heavy atom. The van der Waals surface area contributed by atoms with E-state index in [0.717, 1.165) is 27.9 Å². The number of aromatic nitrogens is 5. The lowest BCUT2D eigenvalue weighted by Crippen LogP contribution is -2.27. The number of para-hydroxylation sites is 1. The van der Waals surface area contributed by atoms with Gasteiger partial charge in [-0.3, -0.25) is 13.9 Å². The number of rotatable bonds is 6. The third-order valence-corrected chi connectivity index (χ3v) is 6.04. The highest BCUT2D eigenvalue weighted by atomic mass is 16.1. The largest absolute Gasteiger partial charge is 0.350 e. The minimum Gasteiger partial charge on any atom is -0.350 e. The lowest BCUT2D eigenvalue weighted by molar-refractivity contribution is 0.0949. The van der Waals surface area contributed by atoms with Gasteiger partial charge in [0, 0.05) is 24.5 Å². The predicted molar refractivity (Wildman–Crippen MR) is 132 cm³/mol. The van der Waals surface area contributed by atoms with Crippen molar-refractivity contribution in [1.29, 1.82) is 0 Å². The highest BCUT2D eigenvalue weighted by Crippen LogP contribution is 2.21. The van der Waals surface area contributed by atoms with Crippen LogP contribution in [0.2, 0.25) is 0 Å². The van der Waals surface area contributed by atoms with Crippen LogP contribution < -0.4 is 5.32 Å². The molecule has 6 aromatic rings. The molecule has 0 radical (unpaired) electrons. The van der Waals surface area contributed by atoms with Gasteiger partial charge in [0.15, 0.2) is 11.3 Å². The van der Waals surface area contributed by atoms with Crippen LogP contribution in [0.1, 0.15) is 21.9 Å². The summed E-state index contributed by atoms with van der Waals surface area (Å²) in [7, 11) is 0. The molecule has 0 fully saturated rings. The molecule has 6 rings (SSSR count).